The van der Waals surface area contributed by atoms with Crippen LogP contribution in [0.1, 0.15) is 46.8 Å². The summed E-state index contributed by atoms with van der Waals surface area (Å²) in [6, 6.07) is 17.7. The van der Waals surface area contributed by atoms with Crippen LogP contribution in [0.3, 0.4) is 0 Å². The molecule has 0 spiro atoms. The Hall–Kier alpha value is -7.44. The number of carbonyl (C=O) groups is 8. The average Bonchev–Trinajstić information content (AvgIpc) is 4.18. The normalized spacial score (nSPS) is 19.5. The van der Waals surface area contributed by atoms with E-state index in [1.165, 1.54) is 41.7 Å². The molecule has 3 fully saturated rings. The number of aromatic nitrogens is 2. The summed E-state index contributed by atoms with van der Waals surface area (Å²) in [4.78, 5) is 109. The number of hydrogen-bond acceptors (Lipinski definition) is 17. The van der Waals surface area contributed by atoms with Crippen LogP contribution in [0.15, 0.2) is 104 Å². The number of esters is 2. The molecule has 23 heteroatoms. The van der Waals surface area contributed by atoms with E-state index in [9.17, 15) is 43.5 Å². The molecule has 9 N–H and O–H groups in total. The smallest absolute Gasteiger partial charge is 0.338 e. The molecule has 20 nitrogen and oxygen atoms in total. The molecule has 7 unspecified atom stereocenters. The van der Waals surface area contributed by atoms with Crippen LogP contribution in [0, 0.1) is 5.82 Å². The molecule has 4 aromatic carbocycles. The first kappa shape index (κ1) is 50.9. The van der Waals surface area contributed by atoms with Gasteiger partial charge in [0.2, 0.25) is 17.7 Å². The predicted molar refractivity (Wildman–Crippen MR) is 258 cm³/mol. The van der Waals surface area contributed by atoms with Crippen LogP contribution in [0.5, 0.6) is 23.0 Å². The fourth-order valence-electron chi connectivity index (χ4n) is 8.40. The van der Waals surface area contributed by atoms with E-state index in [0.717, 1.165) is 29.1 Å². The van der Waals surface area contributed by atoms with Gasteiger partial charge in [-0.15, -0.1) is 0 Å². The topological polar surface area (TPSA) is 305 Å². The highest BCUT2D eigenvalue weighted by Crippen LogP contribution is 2.33. The summed E-state index contributed by atoms with van der Waals surface area (Å²) in [6.07, 6.45) is 3.78. The van der Waals surface area contributed by atoms with Crippen molar-refractivity contribution in [3.8, 4) is 23.0 Å². The van der Waals surface area contributed by atoms with Crippen molar-refractivity contribution < 1.29 is 62.1 Å². The van der Waals surface area contributed by atoms with Gasteiger partial charge in [0.15, 0.2) is 11.6 Å². The number of carboxylic acids is 1. The minimum Gasteiger partial charge on any atom is -0.480 e. The fraction of sp³-hybridized carbons (Fsp3) is 0.286. The molecule has 7 atom stereocenters. The fourth-order valence-corrected chi connectivity index (χ4v) is 10.1. The minimum absolute atomic E-state index is 0.00606. The van der Waals surface area contributed by atoms with E-state index in [1.807, 2.05) is 0 Å². The maximum Gasteiger partial charge on any atom is 0.338 e. The van der Waals surface area contributed by atoms with Crippen LogP contribution in [-0.4, -0.2) is 107 Å². The second kappa shape index (κ2) is 22.8. The van der Waals surface area contributed by atoms with E-state index < -0.39 is 81.5 Å². The number of carbonyl (C=O) groups excluding carboxylic acids is 7. The maximum atomic E-state index is 15.0. The van der Waals surface area contributed by atoms with E-state index in [2.05, 4.69) is 25.9 Å². The van der Waals surface area contributed by atoms with Gasteiger partial charge in [0.05, 0.1) is 34.6 Å². The Morgan fingerprint density at radius 3 is 1.82 bits per heavy atom. The Bertz CT molecular complexity index is 2860. The number of nitrogens with one attached hydrogen (secondary N) is 4. The number of halogens is 1. The number of nitrogens with zero attached hydrogens (tertiary/aromatic N) is 2. The first-order valence-corrected chi connectivity index (χ1v) is 24.3. The van der Waals surface area contributed by atoms with Gasteiger partial charge in [-0.2, -0.15) is 0 Å². The second-order valence-electron chi connectivity index (χ2n) is 17.1. The Balaban J connectivity index is 0.898. The quantitative estimate of drug-likeness (QED) is 0.0424. The number of aliphatic carboxylic acids is 1. The second-order valence-corrected chi connectivity index (χ2v) is 19.5. The van der Waals surface area contributed by atoms with Gasteiger partial charge in [0.1, 0.15) is 35.4 Å². The third-order valence-electron chi connectivity index (χ3n) is 12.0. The standard InChI is InChI=1S/C49H47FN8O12S2/c50-32-18-28(22-39-44(61)57-49(67)72-39)9-16-37(32)69-31-14-5-26(6-15-31)20-34(52)46(64)70-47(65)40(41(35-23-53-24-54-35)58-17-1-2-36(58)45(62)63)55-42(59)33(51)19-25-3-10-29(11-4-25)68-30-12-7-27(8-13-30)21-38-43(60)56-48(66)71-38/h3-16,18,23-24,33-34,36,38-41H,1-2,17,19-22,51-52H2,(H,53,54)(H,55,59)(H,62,63)(H,56,60,66)(H,57,61,67). The van der Waals surface area contributed by atoms with Crippen LogP contribution >= 0.6 is 23.5 Å². The lowest BCUT2D eigenvalue weighted by atomic mass is 10.00. The van der Waals surface area contributed by atoms with Crippen LogP contribution < -0.4 is 36.9 Å². The highest BCUT2D eigenvalue weighted by molar-refractivity contribution is 8.15. The molecule has 0 bridgehead atoms. The number of ether oxygens (including phenoxy) is 3. The number of carboxylic acid groups (broad SMARTS) is 1. The number of imide groups is 2. The Morgan fingerprint density at radius 1 is 0.750 bits per heavy atom. The van der Waals surface area contributed by atoms with Crippen molar-refractivity contribution in [3.63, 3.8) is 0 Å². The first-order valence-electron chi connectivity index (χ1n) is 22.5. The lowest BCUT2D eigenvalue weighted by Gasteiger charge is -2.35. The molecule has 72 heavy (non-hydrogen) atoms. The van der Waals surface area contributed by atoms with E-state index in [4.69, 9.17) is 25.7 Å². The zero-order chi connectivity index (χ0) is 51.1. The number of benzene rings is 4. The van der Waals surface area contributed by atoms with Gasteiger partial charge in [-0.1, -0.05) is 66.0 Å². The summed E-state index contributed by atoms with van der Waals surface area (Å²) in [7, 11) is 0. The van der Waals surface area contributed by atoms with Gasteiger partial charge < -0.3 is 41.1 Å². The van der Waals surface area contributed by atoms with E-state index in [0.29, 0.717) is 41.0 Å². The first-order chi connectivity index (χ1) is 34.6. The zero-order valence-corrected chi connectivity index (χ0v) is 39.6. The van der Waals surface area contributed by atoms with Gasteiger partial charge in [-0.25, -0.2) is 19.0 Å². The van der Waals surface area contributed by atoms with Crippen molar-refractivity contribution in [2.24, 2.45) is 11.5 Å². The van der Waals surface area contributed by atoms with Crippen molar-refractivity contribution in [1.82, 2.24) is 30.8 Å². The predicted octanol–water partition coefficient (Wildman–Crippen LogP) is 4.21. The summed E-state index contributed by atoms with van der Waals surface area (Å²) in [5.41, 5.74) is 15.4. The monoisotopic (exact) mass is 1020 g/mol. The van der Waals surface area contributed by atoms with E-state index in [-0.39, 0.29) is 60.6 Å². The molecule has 3 saturated heterocycles. The van der Waals surface area contributed by atoms with E-state index in [1.54, 1.807) is 66.7 Å². The molecule has 3 aliphatic heterocycles. The highest BCUT2D eigenvalue weighted by atomic mass is 32.2. The zero-order valence-electron chi connectivity index (χ0n) is 38.0. The van der Waals surface area contributed by atoms with Crippen LogP contribution in [-0.2, 0) is 59.2 Å². The van der Waals surface area contributed by atoms with E-state index >= 15 is 4.39 Å². The molecule has 4 heterocycles. The summed E-state index contributed by atoms with van der Waals surface area (Å²) in [6.45, 7) is 0.208. The molecule has 3 aliphatic rings. The molecule has 5 amide bonds. The van der Waals surface area contributed by atoms with Gasteiger partial charge in [0.25, 0.3) is 10.5 Å². The summed E-state index contributed by atoms with van der Waals surface area (Å²) < 4.78 is 32.0. The number of amides is 5. The third-order valence-corrected chi connectivity index (χ3v) is 14.0. The number of rotatable bonds is 20. The van der Waals surface area contributed by atoms with Crippen molar-refractivity contribution in [1.29, 1.82) is 0 Å². The minimum atomic E-state index is -1.69. The van der Waals surface area contributed by atoms with Crippen molar-refractivity contribution >= 4 is 69.6 Å². The van der Waals surface area contributed by atoms with Crippen molar-refractivity contribution in [3.05, 3.63) is 137 Å². The number of aromatic amines is 1. The Labute approximate surface area is 418 Å². The van der Waals surface area contributed by atoms with Gasteiger partial charge in [-0.05, 0) is 116 Å². The average molecular weight is 1020 g/mol. The largest absolute Gasteiger partial charge is 0.480 e. The number of imidazole rings is 1. The molecule has 0 saturated carbocycles. The van der Waals surface area contributed by atoms with Crippen LogP contribution in [0.4, 0.5) is 14.0 Å². The molecule has 0 radical (unpaired) electrons. The number of likely N-dealkylation sites (tertiary alicyclic amines) is 1. The molecule has 5 aromatic rings. The molecule has 374 valence electrons. The van der Waals surface area contributed by atoms with Crippen molar-refractivity contribution in [2.45, 2.75) is 79.2 Å². The molecule has 0 aliphatic carbocycles. The number of H-pyrrole nitrogens is 1. The summed E-state index contributed by atoms with van der Waals surface area (Å²) in [5, 5.41) is 15.3. The Morgan fingerprint density at radius 2 is 1.29 bits per heavy atom. The molecule has 1 aromatic heterocycles. The lowest BCUT2D eigenvalue weighted by Crippen LogP contribution is -2.57. The number of nitrogens with two attached hydrogens (primary N) is 2. The van der Waals surface area contributed by atoms with Gasteiger partial charge in [0, 0.05) is 6.20 Å². The Kier molecular flexibility index (Phi) is 16.1. The third kappa shape index (κ3) is 12.7. The van der Waals surface area contributed by atoms with Gasteiger partial charge >= 0.3 is 17.9 Å². The number of hydrogen-bond donors (Lipinski definition) is 7. The van der Waals surface area contributed by atoms with Gasteiger partial charge in [-0.3, -0.25) is 44.3 Å². The maximum absolute atomic E-state index is 15.0. The van der Waals surface area contributed by atoms with Crippen molar-refractivity contribution in [2.75, 3.05) is 6.54 Å². The number of thioether (sulfide) groups is 2. The SMILES string of the molecule is NC(Cc1ccc(Oc2ccc(CC3SC(=O)NC3=O)cc2)cc1)C(=O)NC(C(=O)OC(=O)C(N)Cc1ccc(Oc2ccc(CC3SC(=O)NC3=O)cc2F)cc1)C(c1cnc[nH]1)N1CCCC1C(=O)O. The molecular formula is C49H47FN8O12S2. The highest BCUT2D eigenvalue weighted by Gasteiger charge is 2.45. The lowest BCUT2D eigenvalue weighted by molar-refractivity contribution is -0.165. The van der Waals surface area contributed by atoms with Crippen LogP contribution in [0.25, 0.3) is 0 Å². The van der Waals surface area contributed by atoms with Crippen LogP contribution in [0.2, 0.25) is 0 Å². The summed E-state index contributed by atoms with van der Waals surface area (Å²) in [5.74, 6) is -4.65. The molecule has 8 rings (SSSR count). The molecular weight excluding hydrogens is 976 g/mol. The summed E-state index contributed by atoms with van der Waals surface area (Å²) >= 11 is 1.79.